The van der Waals surface area contributed by atoms with Crippen LogP contribution in [0.4, 0.5) is 0 Å². The van der Waals surface area contributed by atoms with Crippen LogP contribution >= 0.6 is 45.8 Å². The second-order valence-corrected chi connectivity index (χ2v) is 6.76. The molecule has 0 spiro atoms. The molecule has 2 aromatic carbocycles. The molecule has 5 heteroatoms. The molecular formula is C17H17Cl2IO2. The largest absolute Gasteiger partial charge is 0.496 e. The molecule has 0 aliphatic heterocycles. The summed E-state index contributed by atoms with van der Waals surface area (Å²) in [6, 6.07) is 9.46. The van der Waals surface area contributed by atoms with Gasteiger partial charge in [-0.1, -0.05) is 59.6 Å². The molecule has 0 aromatic heterocycles. The molecule has 2 nitrogen and oxygen atoms in total. The summed E-state index contributed by atoms with van der Waals surface area (Å²) in [4.78, 5) is 0. The second-order valence-electron chi connectivity index (χ2n) is 5.18. The van der Waals surface area contributed by atoms with E-state index in [1.54, 1.807) is 7.11 Å². The maximum Gasteiger partial charge on any atom is 0.164 e. The molecule has 118 valence electrons. The highest BCUT2D eigenvalue weighted by Crippen LogP contribution is 2.39. The van der Waals surface area contributed by atoms with E-state index in [1.807, 2.05) is 30.3 Å². The molecule has 0 fully saturated rings. The van der Waals surface area contributed by atoms with Crippen molar-refractivity contribution < 1.29 is 9.47 Å². The van der Waals surface area contributed by atoms with Crippen molar-refractivity contribution in [1.29, 1.82) is 0 Å². The van der Waals surface area contributed by atoms with Crippen molar-refractivity contribution in [3.8, 4) is 17.2 Å². The summed E-state index contributed by atoms with van der Waals surface area (Å²) in [5.41, 5.74) is 2.15. The molecule has 22 heavy (non-hydrogen) atoms. The van der Waals surface area contributed by atoms with Crippen molar-refractivity contribution in [2.45, 2.75) is 24.2 Å². The molecule has 0 aliphatic carbocycles. The van der Waals surface area contributed by atoms with Crippen LogP contribution in [0.3, 0.4) is 0 Å². The zero-order valence-corrected chi connectivity index (χ0v) is 16.3. The van der Waals surface area contributed by atoms with Crippen LogP contribution in [0.1, 0.15) is 30.9 Å². The van der Waals surface area contributed by atoms with Gasteiger partial charge in [-0.3, -0.25) is 0 Å². The number of benzene rings is 2. The fourth-order valence-corrected chi connectivity index (χ4v) is 3.18. The fourth-order valence-electron chi connectivity index (χ4n) is 2.13. The van der Waals surface area contributed by atoms with Gasteiger partial charge in [0.05, 0.1) is 17.2 Å². The van der Waals surface area contributed by atoms with Gasteiger partial charge in [-0.05, 0) is 41.8 Å². The molecule has 0 saturated heterocycles. The zero-order chi connectivity index (χ0) is 16.3. The van der Waals surface area contributed by atoms with Crippen LogP contribution in [-0.2, 0) is 4.43 Å². The highest BCUT2D eigenvalue weighted by molar-refractivity contribution is 14.1. The number of hydrogen-bond acceptors (Lipinski definition) is 2. The van der Waals surface area contributed by atoms with E-state index in [9.17, 15) is 0 Å². The third-order valence-corrected chi connectivity index (χ3v) is 4.70. The van der Waals surface area contributed by atoms with Crippen LogP contribution in [-0.4, -0.2) is 7.11 Å². The highest BCUT2D eigenvalue weighted by atomic mass is 127. The maximum absolute atomic E-state index is 6.29. The standard InChI is InChI=1S/C17H17Cl2IO2/c1-10(2)13-8-12(4-5-16(13)21-3)22-17-14(18)6-11(9-20)7-15(17)19/h4-8,10H,9H2,1-3H3. The van der Waals surface area contributed by atoms with Crippen molar-refractivity contribution in [2.24, 2.45) is 0 Å². The van der Waals surface area contributed by atoms with Crippen molar-refractivity contribution in [3.63, 3.8) is 0 Å². The quantitative estimate of drug-likeness (QED) is 0.366. The number of halogens is 3. The molecule has 0 amide bonds. The molecule has 2 rings (SSSR count). The van der Waals surface area contributed by atoms with E-state index >= 15 is 0 Å². The molecule has 0 saturated carbocycles. The van der Waals surface area contributed by atoms with Crippen LogP contribution in [0.15, 0.2) is 30.3 Å². The summed E-state index contributed by atoms with van der Waals surface area (Å²) >= 11 is 14.8. The first-order valence-electron chi connectivity index (χ1n) is 6.86. The van der Waals surface area contributed by atoms with Gasteiger partial charge in [-0.25, -0.2) is 0 Å². The molecule has 0 radical (unpaired) electrons. The number of ether oxygens (including phenoxy) is 2. The molecule has 0 N–H and O–H groups in total. The van der Waals surface area contributed by atoms with Crippen molar-refractivity contribution in [1.82, 2.24) is 0 Å². The van der Waals surface area contributed by atoms with E-state index < -0.39 is 0 Å². The Kier molecular flexibility index (Phi) is 6.24. The SMILES string of the molecule is COc1ccc(Oc2c(Cl)cc(CI)cc2Cl)cc1C(C)C. The normalized spacial score (nSPS) is 10.9. The summed E-state index contributed by atoms with van der Waals surface area (Å²) in [5, 5.41) is 1.03. The lowest BCUT2D eigenvalue weighted by Gasteiger charge is -2.15. The Labute approximate surface area is 154 Å². The van der Waals surface area contributed by atoms with Gasteiger partial charge in [-0.15, -0.1) is 0 Å². The third kappa shape index (κ3) is 4.00. The van der Waals surface area contributed by atoms with Crippen LogP contribution in [0, 0.1) is 0 Å². The first-order valence-corrected chi connectivity index (χ1v) is 9.14. The lowest BCUT2D eigenvalue weighted by atomic mass is 10.0. The molecule has 2 aromatic rings. The predicted octanol–water partition coefficient (Wildman–Crippen LogP) is 6.85. The van der Waals surface area contributed by atoms with E-state index in [2.05, 4.69) is 36.4 Å². The van der Waals surface area contributed by atoms with Gasteiger partial charge in [0.2, 0.25) is 0 Å². The Morgan fingerprint density at radius 2 is 1.73 bits per heavy atom. The first-order chi connectivity index (χ1) is 10.5. The van der Waals surface area contributed by atoms with Crippen LogP contribution in [0.5, 0.6) is 17.2 Å². The van der Waals surface area contributed by atoms with Gasteiger partial charge >= 0.3 is 0 Å². The average molecular weight is 451 g/mol. The van der Waals surface area contributed by atoms with Gasteiger partial charge in [0.1, 0.15) is 11.5 Å². The van der Waals surface area contributed by atoms with Gasteiger partial charge in [0.15, 0.2) is 5.75 Å². The lowest BCUT2D eigenvalue weighted by molar-refractivity contribution is 0.405. The van der Waals surface area contributed by atoms with Crippen molar-refractivity contribution in [3.05, 3.63) is 51.5 Å². The van der Waals surface area contributed by atoms with Crippen LogP contribution in [0.25, 0.3) is 0 Å². The molecular weight excluding hydrogens is 434 g/mol. The topological polar surface area (TPSA) is 18.5 Å². The van der Waals surface area contributed by atoms with Gasteiger partial charge in [-0.2, -0.15) is 0 Å². The Balaban J connectivity index is 2.37. The zero-order valence-electron chi connectivity index (χ0n) is 12.6. The Morgan fingerprint density at radius 3 is 2.23 bits per heavy atom. The maximum atomic E-state index is 6.29. The summed E-state index contributed by atoms with van der Waals surface area (Å²) in [6.45, 7) is 4.22. The summed E-state index contributed by atoms with van der Waals surface area (Å²) in [7, 11) is 1.66. The predicted molar refractivity (Wildman–Crippen MR) is 101 cm³/mol. The minimum atomic E-state index is 0.325. The number of methoxy groups -OCH3 is 1. The summed E-state index contributed by atoms with van der Waals surface area (Å²) < 4.78 is 12.1. The average Bonchev–Trinajstić information content (AvgIpc) is 2.50. The Hall–Kier alpha value is -0.650. The minimum Gasteiger partial charge on any atom is -0.496 e. The molecule has 0 aliphatic rings. The van der Waals surface area contributed by atoms with E-state index in [-0.39, 0.29) is 0 Å². The Bertz CT molecular complexity index is 649. The summed E-state index contributed by atoms with van der Waals surface area (Å²) in [5.74, 6) is 2.35. The number of hydrogen-bond donors (Lipinski definition) is 0. The second kappa shape index (κ2) is 7.75. The number of rotatable bonds is 5. The third-order valence-electron chi connectivity index (χ3n) is 3.26. The van der Waals surface area contributed by atoms with Crippen molar-refractivity contribution >= 4 is 45.8 Å². The Morgan fingerprint density at radius 1 is 1.09 bits per heavy atom. The fraction of sp³-hybridized carbons (Fsp3) is 0.294. The molecule has 0 atom stereocenters. The van der Waals surface area contributed by atoms with Gasteiger partial charge in [0.25, 0.3) is 0 Å². The van der Waals surface area contributed by atoms with Crippen LogP contribution < -0.4 is 9.47 Å². The molecule has 0 bridgehead atoms. The van der Waals surface area contributed by atoms with Crippen molar-refractivity contribution in [2.75, 3.05) is 7.11 Å². The van der Waals surface area contributed by atoms with Gasteiger partial charge < -0.3 is 9.47 Å². The lowest BCUT2D eigenvalue weighted by Crippen LogP contribution is -1.96. The molecule has 0 unspecified atom stereocenters. The van der Waals surface area contributed by atoms with E-state index in [0.717, 1.165) is 21.3 Å². The van der Waals surface area contributed by atoms with Crippen LogP contribution in [0.2, 0.25) is 10.0 Å². The first kappa shape index (κ1) is 17.7. The van der Waals surface area contributed by atoms with E-state index in [0.29, 0.717) is 27.5 Å². The smallest absolute Gasteiger partial charge is 0.164 e. The van der Waals surface area contributed by atoms with Gasteiger partial charge in [0, 0.05) is 9.99 Å². The van der Waals surface area contributed by atoms with E-state index in [1.165, 1.54) is 0 Å². The highest BCUT2D eigenvalue weighted by Gasteiger charge is 2.13. The minimum absolute atomic E-state index is 0.325. The number of alkyl halides is 1. The summed E-state index contributed by atoms with van der Waals surface area (Å²) in [6.07, 6.45) is 0. The monoisotopic (exact) mass is 450 g/mol. The molecule has 0 heterocycles. The van der Waals surface area contributed by atoms with E-state index in [4.69, 9.17) is 32.7 Å².